The van der Waals surface area contributed by atoms with Gasteiger partial charge in [-0.05, 0) is 37.5 Å². The molecule has 0 aromatic heterocycles. The zero-order valence-electron chi connectivity index (χ0n) is 11.5. The number of nitrogens with two attached hydrogens (primary N) is 1. The van der Waals surface area contributed by atoms with Crippen molar-refractivity contribution in [1.82, 2.24) is 4.90 Å². The minimum Gasteiger partial charge on any atom is -0.329 e. The fourth-order valence-electron chi connectivity index (χ4n) is 3.53. The lowest BCUT2D eigenvalue weighted by Gasteiger charge is -2.49. The predicted molar refractivity (Wildman–Crippen MR) is 77.5 cm³/mol. The molecule has 0 atom stereocenters. The Labute approximate surface area is 111 Å². The van der Waals surface area contributed by atoms with Gasteiger partial charge >= 0.3 is 0 Å². The minimum absolute atomic E-state index is 0.354. The maximum absolute atomic E-state index is 6.14. The van der Waals surface area contributed by atoms with Crippen LogP contribution in [0.2, 0.25) is 0 Å². The molecule has 17 heavy (non-hydrogen) atoms. The molecule has 0 bridgehead atoms. The van der Waals surface area contributed by atoms with E-state index >= 15 is 0 Å². The lowest BCUT2D eigenvalue weighted by molar-refractivity contribution is 0.0426. The molecule has 2 nitrogen and oxygen atoms in total. The van der Waals surface area contributed by atoms with Crippen molar-refractivity contribution < 1.29 is 0 Å². The van der Waals surface area contributed by atoms with Gasteiger partial charge in [0, 0.05) is 36.7 Å². The van der Waals surface area contributed by atoms with Crippen LogP contribution in [-0.4, -0.2) is 41.6 Å². The van der Waals surface area contributed by atoms with Gasteiger partial charge in [0.15, 0.2) is 0 Å². The molecule has 0 aromatic rings. The Bertz CT molecular complexity index is 228. The lowest BCUT2D eigenvalue weighted by atomic mass is 9.72. The molecule has 1 heterocycles. The molecule has 1 aliphatic carbocycles. The SMILES string of the molecule is CC(C)C1CCC(CN)(N2CCSCC2)CC1. The molecule has 3 heteroatoms. The predicted octanol–water partition coefficient (Wildman–Crippen LogP) is 2.58. The molecule has 0 aromatic carbocycles. The van der Waals surface area contributed by atoms with Crippen LogP contribution in [0, 0.1) is 11.8 Å². The van der Waals surface area contributed by atoms with E-state index < -0.39 is 0 Å². The molecular formula is C14H28N2S. The largest absolute Gasteiger partial charge is 0.329 e. The number of hydrogen-bond donors (Lipinski definition) is 1. The van der Waals surface area contributed by atoms with Gasteiger partial charge in [-0.3, -0.25) is 4.90 Å². The summed E-state index contributed by atoms with van der Waals surface area (Å²) in [5, 5.41) is 0. The second-order valence-corrected chi connectivity index (χ2v) is 7.33. The standard InChI is InChI=1S/C14H28N2S/c1-12(2)13-3-5-14(11-15,6-4-13)16-7-9-17-10-8-16/h12-13H,3-11,15H2,1-2H3. The van der Waals surface area contributed by atoms with Crippen LogP contribution in [0.25, 0.3) is 0 Å². The Kier molecular flexibility index (Phi) is 4.79. The number of nitrogens with zero attached hydrogens (tertiary/aromatic N) is 1. The Morgan fingerprint density at radius 1 is 1.24 bits per heavy atom. The number of rotatable bonds is 3. The first kappa shape index (κ1) is 13.7. The first-order valence-electron chi connectivity index (χ1n) is 7.21. The van der Waals surface area contributed by atoms with Gasteiger partial charge in [-0.2, -0.15) is 11.8 Å². The third kappa shape index (κ3) is 2.99. The fraction of sp³-hybridized carbons (Fsp3) is 1.00. The van der Waals surface area contributed by atoms with Crippen LogP contribution in [-0.2, 0) is 0 Å². The van der Waals surface area contributed by atoms with Gasteiger partial charge in [-0.25, -0.2) is 0 Å². The molecule has 2 aliphatic rings. The van der Waals surface area contributed by atoms with Gasteiger partial charge in [0.1, 0.15) is 0 Å². The van der Waals surface area contributed by atoms with Gasteiger partial charge in [0.25, 0.3) is 0 Å². The van der Waals surface area contributed by atoms with E-state index in [1.165, 1.54) is 50.3 Å². The van der Waals surface area contributed by atoms with Crippen molar-refractivity contribution in [2.75, 3.05) is 31.1 Å². The topological polar surface area (TPSA) is 29.3 Å². The van der Waals surface area contributed by atoms with Crippen LogP contribution in [0.15, 0.2) is 0 Å². The van der Waals surface area contributed by atoms with E-state index in [0.717, 1.165) is 18.4 Å². The second-order valence-electron chi connectivity index (χ2n) is 6.11. The van der Waals surface area contributed by atoms with Crippen molar-refractivity contribution >= 4 is 11.8 Å². The fourth-order valence-corrected chi connectivity index (χ4v) is 4.43. The number of thioether (sulfide) groups is 1. The smallest absolute Gasteiger partial charge is 0.0332 e. The van der Waals surface area contributed by atoms with Crippen molar-refractivity contribution in [3.05, 3.63) is 0 Å². The molecule has 1 saturated carbocycles. The summed E-state index contributed by atoms with van der Waals surface area (Å²) in [6.45, 7) is 8.13. The summed E-state index contributed by atoms with van der Waals surface area (Å²) in [6.07, 6.45) is 5.44. The quantitative estimate of drug-likeness (QED) is 0.841. The molecule has 2 fully saturated rings. The Morgan fingerprint density at radius 3 is 2.29 bits per heavy atom. The molecule has 0 amide bonds. The molecule has 2 N–H and O–H groups in total. The third-order valence-electron chi connectivity index (χ3n) is 4.97. The Morgan fingerprint density at radius 2 is 1.82 bits per heavy atom. The highest BCUT2D eigenvalue weighted by atomic mass is 32.2. The van der Waals surface area contributed by atoms with E-state index in [1.54, 1.807) is 0 Å². The molecule has 0 unspecified atom stereocenters. The van der Waals surface area contributed by atoms with Crippen molar-refractivity contribution in [2.45, 2.75) is 45.1 Å². The van der Waals surface area contributed by atoms with Crippen LogP contribution >= 0.6 is 11.8 Å². The first-order valence-corrected chi connectivity index (χ1v) is 8.36. The van der Waals surface area contributed by atoms with E-state index in [1.807, 2.05) is 0 Å². The zero-order valence-corrected chi connectivity index (χ0v) is 12.3. The summed E-state index contributed by atoms with van der Waals surface area (Å²) < 4.78 is 0. The van der Waals surface area contributed by atoms with E-state index in [9.17, 15) is 0 Å². The van der Waals surface area contributed by atoms with E-state index in [-0.39, 0.29) is 0 Å². The highest BCUT2D eigenvalue weighted by Gasteiger charge is 2.39. The number of hydrogen-bond acceptors (Lipinski definition) is 3. The van der Waals surface area contributed by atoms with Crippen LogP contribution in [0.5, 0.6) is 0 Å². The van der Waals surface area contributed by atoms with E-state index in [4.69, 9.17) is 5.73 Å². The molecule has 100 valence electrons. The molecular weight excluding hydrogens is 228 g/mol. The summed E-state index contributed by atoms with van der Waals surface area (Å²) in [6, 6.07) is 0. The van der Waals surface area contributed by atoms with Crippen LogP contribution < -0.4 is 5.73 Å². The van der Waals surface area contributed by atoms with E-state index in [2.05, 4.69) is 30.5 Å². The Balaban J connectivity index is 1.96. The van der Waals surface area contributed by atoms with Gasteiger partial charge in [-0.15, -0.1) is 0 Å². The van der Waals surface area contributed by atoms with Gasteiger partial charge < -0.3 is 5.73 Å². The summed E-state index contributed by atoms with van der Waals surface area (Å²) >= 11 is 2.09. The maximum Gasteiger partial charge on any atom is 0.0332 e. The highest BCUT2D eigenvalue weighted by Crippen LogP contribution is 2.39. The second kappa shape index (κ2) is 5.94. The van der Waals surface area contributed by atoms with E-state index in [0.29, 0.717) is 5.54 Å². The summed E-state index contributed by atoms with van der Waals surface area (Å²) in [5.74, 6) is 4.39. The van der Waals surface area contributed by atoms with Gasteiger partial charge in [0.05, 0.1) is 0 Å². The highest BCUT2D eigenvalue weighted by molar-refractivity contribution is 7.99. The van der Waals surface area contributed by atoms with Gasteiger partial charge in [-0.1, -0.05) is 13.8 Å². The zero-order chi connectivity index (χ0) is 12.3. The first-order chi connectivity index (χ1) is 8.18. The molecule has 0 spiro atoms. The van der Waals surface area contributed by atoms with Crippen LogP contribution in [0.4, 0.5) is 0 Å². The average Bonchev–Trinajstić information content (AvgIpc) is 2.40. The van der Waals surface area contributed by atoms with Gasteiger partial charge in [0.2, 0.25) is 0 Å². The van der Waals surface area contributed by atoms with Crippen LogP contribution in [0.3, 0.4) is 0 Å². The summed E-state index contributed by atoms with van der Waals surface area (Å²) in [5.41, 5.74) is 6.50. The summed E-state index contributed by atoms with van der Waals surface area (Å²) in [7, 11) is 0. The Hall–Kier alpha value is 0.270. The third-order valence-corrected chi connectivity index (χ3v) is 5.91. The maximum atomic E-state index is 6.14. The normalized spacial score (nSPS) is 36.4. The molecule has 0 radical (unpaired) electrons. The van der Waals surface area contributed by atoms with Crippen LogP contribution in [0.1, 0.15) is 39.5 Å². The molecule has 1 saturated heterocycles. The minimum atomic E-state index is 0.354. The molecule has 2 rings (SSSR count). The van der Waals surface area contributed by atoms with Crippen molar-refractivity contribution in [3.8, 4) is 0 Å². The van der Waals surface area contributed by atoms with Crippen molar-refractivity contribution in [3.63, 3.8) is 0 Å². The molecule has 1 aliphatic heterocycles. The average molecular weight is 256 g/mol. The van der Waals surface area contributed by atoms with Crippen molar-refractivity contribution in [1.29, 1.82) is 0 Å². The lowest BCUT2D eigenvalue weighted by Crippen LogP contribution is -2.58. The monoisotopic (exact) mass is 256 g/mol. The summed E-state index contributed by atoms with van der Waals surface area (Å²) in [4.78, 5) is 2.71. The van der Waals surface area contributed by atoms with Crippen molar-refractivity contribution in [2.24, 2.45) is 17.6 Å².